The van der Waals surface area contributed by atoms with Crippen LogP contribution in [0.4, 0.5) is 5.82 Å². The lowest BCUT2D eigenvalue weighted by molar-refractivity contribution is 0.233. The smallest absolute Gasteiger partial charge is 0.257 e. The van der Waals surface area contributed by atoms with Gasteiger partial charge in [0.2, 0.25) is 0 Å². The summed E-state index contributed by atoms with van der Waals surface area (Å²) in [5, 5.41) is 4.40. The van der Waals surface area contributed by atoms with Gasteiger partial charge in [0.05, 0.1) is 16.8 Å². The Hall–Kier alpha value is -1.69. The molecule has 5 nitrogen and oxygen atoms in total. The van der Waals surface area contributed by atoms with E-state index in [4.69, 9.17) is 4.74 Å². The SMILES string of the molecule is Cc1nc(C)c(CCNc2nccnc2OC(C)C)s1. The summed E-state index contributed by atoms with van der Waals surface area (Å²) in [6, 6.07) is 0. The largest absolute Gasteiger partial charge is 0.472 e. The van der Waals surface area contributed by atoms with Crippen molar-refractivity contribution >= 4 is 17.2 Å². The Morgan fingerprint density at radius 2 is 2.00 bits per heavy atom. The minimum atomic E-state index is 0.0821. The van der Waals surface area contributed by atoms with Crippen molar-refractivity contribution in [3.05, 3.63) is 28.0 Å². The summed E-state index contributed by atoms with van der Waals surface area (Å²) in [4.78, 5) is 14.2. The van der Waals surface area contributed by atoms with Gasteiger partial charge in [-0.1, -0.05) is 0 Å². The minimum absolute atomic E-state index is 0.0821. The van der Waals surface area contributed by atoms with Crippen molar-refractivity contribution in [1.82, 2.24) is 15.0 Å². The quantitative estimate of drug-likeness (QED) is 0.887. The highest BCUT2D eigenvalue weighted by Crippen LogP contribution is 2.20. The topological polar surface area (TPSA) is 59.9 Å². The third kappa shape index (κ3) is 3.90. The second-order valence-corrected chi connectivity index (χ2v) is 6.08. The highest BCUT2D eigenvalue weighted by Gasteiger charge is 2.09. The Morgan fingerprint density at radius 1 is 1.25 bits per heavy atom. The molecule has 2 heterocycles. The van der Waals surface area contributed by atoms with Crippen LogP contribution in [0.5, 0.6) is 5.88 Å². The van der Waals surface area contributed by atoms with E-state index in [9.17, 15) is 0 Å². The fourth-order valence-electron chi connectivity index (χ4n) is 1.86. The molecule has 0 aliphatic carbocycles. The van der Waals surface area contributed by atoms with Crippen LogP contribution in [0, 0.1) is 13.8 Å². The molecule has 0 unspecified atom stereocenters. The van der Waals surface area contributed by atoms with Crippen LogP contribution in [0.3, 0.4) is 0 Å². The summed E-state index contributed by atoms with van der Waals surface area (Å²) in [6.45, 7) is 8.82. The van der Waals surface area contributed by atoms with Gasteiger partial charge in [-0.25, -0.2) is 15.0 Å². The minimum Gasteiger partial charge on any atom is -0.472 e. The summed E-state index contributed by atoms with van der Waals surface area (Å²) in [6.07, 6.45) is 4.31. The van der Waals surface area contributed by atoms with Crippen LogP contribution < -0.4 is 10.1 Å². The molecule has 2 aromatic heterocycles. The molecule has 108 valence electrons. The standard InChI is InChI=1S/C14H20N4OS/c1-9(2)19-14-13(16-7-8-17-14)15-6-5-12-10(3)18-11(4)20-12/h7-9H,5-6H2,1-4H3,(H,15,16). The zero-order valence-electron chi connectivity index (χ0n) is 12.3. The molecule has 0 aliphatic rings. The van der Waals surface area contributed by atoms with Crippen molar-refractivity contribution in [2.75, 3.05) is 11.9 Å². The third-order valence-corrected chi connectivity index (χ3v) is 3.79. The van der Waals surface area contributed by atoms with Gasteiger partial charge in [0, 0.05) is 30.2 Å². The molecule has 1 N–H and O–H groups in total. The van der Waals surface area contributed by atoms with Gasteiger partial charge >= 0.3 is 0 Å². The van der Waals surface area contributed by atoms with Gasteiger partial charge in [-0.15, -0.1) is 11.3 Å². The van der Waals surface area contributed by atoms with Crippen LogP contribution in [0.2, 0.25) is 0 Å². The summed E-state index contributed by atoms with van der Waals surface area (Å²) in [7, 11) is 0. The molecule has 0 aliphatic heterocycles. The second kappa shape index (κ2) is 6.65. The van der Waals surface area contributed by atoms with Gasteiger partial charge < -0.3 is 10.1 Å². The Labute approximate surface area is 123 Å². The summed E-state index contributed by atoms with van der Waals surface area (Å²) < 4.78 is 5.63. The van der Waals surface area contributed by atoms with Crippen LogP contribution in [-0.2, 0) is 6.42 Å². The number of rotatable bonds is 6. The lowest BCUT2D eigenvalue weighted by atomic mass is 10.3. The molecule has 0 atom stereocenters. The monoisotopic (exact) mass is 292 g/mol. The van der Waals surface area contributed by atoms with Crippen LogP contribution in [0.25, 0.3) is 0 Å². The maximum atomic E-state index is 5.63. The van der Waals surface area contributed by atoms with E-state index >= 15 is 0 Å². The molecule has 0 radical (unpaired) electrons. The van der Waals surface area contributed by atoms with E-state index in [0.29, 0.717) is 11.7 Å². The average molecular weight is 292 g/mol. The number of aryl methyl sites for hydroxylation is 2. The number of nitrogens with zero attached hydrogens (tertiary/aromatic N) is 3. The van der Waals surface area contributed by atoms with Gasteiger partial charge in [0.25, 0.3) is 5.88 Å². The average Bonchev–Trinajstić information content (AvgIpc) is 2.69. The molecule has 0 saturated heterocycles. The van der Waals surface area contributed by atoms with Gasteiger partial charge in [0.1, 0.15) is 0 Å². The molecule has 0 fully saturated rings. The molecule has 20 heavy (non-hydrogen) atoms. The number of aromatic nitrogens is 3. The zero-order chi connectivity index (χ0) is 14.5. The third-order valence-electron chi connectivity index (χ3n) is 2.66. The number of hydrogen-bond acceptors (Lipinski definition) is 6. The van der Waals surface area contributed by atoms with E-state index in [1.165, 1.54) is 4.88 Å². The molecule has 2 aromatic rings. The molecule has 0 aromatic carbocycles. The summed E-state index contributed by atoms with van der Waals surface area (Å²) in [5.74, 6) is 1.25. The van der Waals surface area contributed by atoms with E-state index in [-0.39, 0.29) is 6.10 Å². The van der Waals surface area contributed by atoms with Crippen molar-refractivity contribution in [3.8, 4) is 5.88 Å². The number of ether oxygens (including phenoxy) is 1. The molecule has 0 amide bonds. The Kier molecular flexibility index (Phi) is 4.89. The van der Waals surface area contributed by atoms with Crippen molar-refractivity contribution in [2.24, 2.45) is 0 Å². The highest BCUT2D eigenvalue weighted by molar-refractivity contribution is 7.11. The molecule has 6 heteroatoms. The first-order valence-electron chi connectivity index (χ1n) is 6.70. The first kappa shape index (κ1) is 14.7. The highest BCUT2D eigenvalue weighted by atomic mass is 32.1. The van der Waals surface area contributed by atoms with E-state index in [1.54, 1.807) is 23.7 Å². The van der Waals surface area contributed by atoms with Crippen molar-refractivity contribution < 1.29 is 4.74 Å². The van der Waals surface area contributed by atoms with E-state index in [2.05, 4.69) is 27.2 Å². The maximum absolute atomic E-state index is 5.63. The van der Waals surface area contributed by atoms with E-state index in [0.717, 1.165) is 23.7 Å². The van der Waals surface area contributed by atoms with Crippen molar-refractivity contribution in [3.63, 3.8) is 0 Å². The normalized spacial score (nSPS) is 10.8. The van der Waals surface area contributed by atoms with Crippen molar-refractivity contribution in [1.29, 1.82) is 0 Å². The van der Waals surface area contributed by atoms with E-state index in [1.807, 2.05) is 20.8 Å². The second-order valence-electron chi connectivity index (χ2n) is 4.79. The van der Waals surface area contributed by atoms with Gasteiger partial charge in [0.15, 0.2) is 5.82 Å². The number of anilines is 1. The molecule has 0 spiro atoms. The first-order chi connectivity index (χ1) is 9.56. The molecule has 0 saturated carbocycles. The number of nitrogens with one attached hydrogen (secondary N) is 1. The van der Waals surface area contributed by atoms with Gasteiger partial charge in [-0.05, 0) is 27.7 Å². The van der Waals surface area contributed by atoms with Gasteiger partial charge in [-0.2, -0.15) is 0 Å². The fourth-order valence-corrected chi connectivity index (χ4v) is 2.79. The van der Waals surface area contributed by atoms with Gasteiger partial charge in [-0.3, -0.25) is 0 Å². The molecule has 0 bridgehead atoms. The molecule has 2 rings (SSSR count). The first-order valence-corrected chi connectivity index (χ1v) is 7.52. The molecular formula is C14H20N4OS. The van der Waals surface area contributed by atoms with Crippen molar-refractivity contribution in [2.45, 2.75) is 40.2 Å². The van der Waals surface area contributed by atoms with Crippen LogP contribution >= 0.6 is 11.3 Å². The fraction of sp³-hybridized carbons (Fsp3) is 0.500. The predicted octanol–water partition coefficient (Wildman–Crippen LogP) is 2.99. The maximum Gasteiger partial charge on any atom is 0.257 e. The number of thiazole rings is 1. The zero-order valence-corrected chi connectivity index (χ0v) is 13.1. The van der Waals surface area contributed by atoms with Crippen LogP contribution in [0.15, 0.2) is 12.4 Å². The number of hydrogen-bond donors (Lipinski definition) is 1. The lowest BCUT2D eigenvalue weighted by Crippen LogP contribution is -2.12. The lowest BCUT2D eigenvalue weighted by Gasteiger charge is -2.12. The summed E-state index contributed by atoms with van der Waals surface area (Å²) >= 11 is 1.75. The predicted molar refractivity (Wildman–Crippen MR) is 81.6 cm³/mol. The Bertz CT molecular complexity index is 568. The van der Waals surface area contributed by atoms with E-state index < -0.39 is 0 Å². The summed E-state index contributed by atoms with van der Waals surface area (Å²) in [5.41, 5.74) is 1.12. The Morgan fingerprint density at radius 3 is 2.65 bits per heavy atom. The molecular weight excluding hydrogens is 272 g/mol. The Balaban J connectivity index is 1.95. The van der Waals surface area contributed by atoms with Crippen LogP contribution in [0.1, 0.15) is 29.4 Å². The van der Waals surface area contributed by atoms with Crippen LogP contribution in [-0.4, -0.2) is 27.6 Å².